The second kappa shape index (κ2) is 8.78. The molecule has 1 aromatic rings. The molecule has 5 nitrogen and oxygen atoms in total. The molecule has 1 aromatic carbocycles. The van der Waals surface area contributed by atoms with Crippen LogP contribution in [0.4, 0.5) is 0 Å². The van der Waals surface area contributed by atoms with Gasteiger partial charge in [0.25, 0.3) is 0 Å². The number of methoxy groups -OCH3 is 1. The minimum absolute atomic E-state index is 0. The number of ether oxygens (including phenoxy) is 1. The van der Waals surface area contributed by atoms with Gasteiger partial charge in [0.2, 0.25) is 10.0 Å². The summed E-state index contributed by atoms with van der Waals surface area (Å²) in [6.45, 7) is 4.54. The first-order chi connectivity index (χ1) is 10.4. The maximum atomic E-state index is 12.6. The fourth-order valence-electron chi connectivity index (χ4n) is 2.84. The normalized spacial score (nSPS) is 17.5. The van der Waals surface area contributed by atoms with Crippen LogP contribution in [0.1, 0.15) is 18.4 Å². The largest absolute Gasteiger partial charge is 0.384 e. The Morgan fingerprint density at radius 2 is 2.00 bits per heavy atom. The van der Waals surface area contributed by atoms with E-state index in [0.29, 0.717) is 18.0 Å². The van der Waals surface area contributed by atoms with Gasteiger partial charge in [0, 0.05) is 23.5 Å². The number of nitrogens with one attached hydrogen (secondary N) is 2. The Balaban J connectivity index is 0.00000264. The maximum absolute atomic E-state index is 12.6. The van der Waals surface area contributed by atoms with Crippen LogP contribution in [-0.4, -0.2) is 41.8 Å². The predicted molar refractivity (Wildman–Crippen MR) is 97.7 cm³/mol. The molecule has 0 aromatic heterocycles. The zero-order valence-corrected chi connectivity index (χ0v) is 16.6. The summed E-state index contributed by atoms with van der Waals surface area (Å²) in [6.07, 6.45) is 1.81. The van der Waals surface area contributed by atoms with Gasteiger partial charge >= 0.3 is 0 Å². The summed E-state index contributed by atoms with van der Waals surface area (Å²) in [7, 11) is -1.86. The fraction of sp³-hybridized carbons (Fsp3) is 0.600. The molecule has 0 amide bonds. The Morgan fingerprint density at radius 1 is 1.35 bits per heavy atom. The Bertz CT molecular complexity index is 614. The van der Waals surface area contributed by atoms with E-state index in [0.717, 1.165) is 36.0 Å². The molecule has 8 heteroatoms. The number of sulfonamides is 1. The van der Waals surface area contributed by atoms with Crippen molar-refractivity contribution in [3.63, 3.8) is 0 Å². The Labute approximate surface area is 153 Å². The smallest absolute Gasteiger partial charge is 0.240 e. The van der Waals surface area contributed by atoms with Crippen molar-refractivity contribution < 1.29 is 13.2 Å². The van der Waals surface area contributed by atoms with E-state index in [1.54, 1.807) is 26.2 Å². The third-order valence-electron chi connectivity index (χ3n) is 4.26. The molecule has 1 aliphatic rings. The zero-order chi connectivity index (χ0) is 16.2. The number of hydrogen-bond donors (Lipinski definition) is 2. The van der Waals surface area contributed by atoms with E-state index in [9.17, 15) is 8.42 Å². The third kappa shape index (κ3) is 5.14. The van der Waals surface area contributed by atoms with Crippen LogP contribution >= 0.6 is 28.3 Å². The number of halogens is 2. The van der Waals surface area contributed by atoms with E-state index in [-0.39, 0.29) is 17.8 Å². The van der Waals surface area contributed by atoms with Gasteiger partial charge < -0.3 is 10.1 Å². The van der Waals surface area contributed by atoms with E-state index >= 15 is 0 Å². The predicted octanol–water partition coefficient (Wildman–Crippen LogP) is 2.47. The average molecular weight is 428 g/mol. The molecule has 0 aliphatic carbocycles. The minimum atomic E-state index is -3.53. The molecule has 1 fully saturated rings. The van der Waals surface area contributed by atoms with Crippen molar-refractivity contribution in [3.05, 3.63) is 28.2 Å². The van der Waals surface area contributed by atoms with Gasteiger partial charge in [0.05, 0.1) is 11.5 Å². The van der Waals surface area contributed by atoms with Gasteiger partial charge in [-0.15, -0.1) is 12.4 Å². The lowest BCUT2D eigenvalue weighted by molar-refractivity contribution is 0.0577. The van der Waals surface area contributed by atoms with Gasteiger partial charge in [-0.2, -0.15) is 0 Å². The van der Waals surface area contributed by atoms with E-state index < -0.39 is 10.0 Å². The van der Waals surface area contributed by atoms with Crippen LogP contribution in [0.25, 0.3) is 0 Å². The summed E-state index contributed by atoms with van der Waals surface area (Å²) in [5, 5.41) is 3.30. The molecule has 0 unspecified atom stereocenters. The first kappa shape index (κ1) is 20.9. The van der Waals surface area contributed by atoms with E-state index in [4.69, 9.17) is 4.74 Å². The molecule has 1 heterocycles. The molecule has 2 rings (SSSR count). The zero-order valence-electron chi connectivity index (χ0n) is 13.4. The molecular formula is C15H24BrClN2O3S. The van der Waals surface area contributed by atoms with Crippen molar-refractivity contribution in [2.45, 2.75) is 24.7 Å². The summed E-state index contributed by atoms with van der Waals surface area (Å²) >= 11 is 3.38. The minimum Gasteiger partial charge on any atom is -0.384 e. The van der Waals surface area contributed by atoms with E-state index in [2.05, 4.69) is 26.0 Å². The summed E-state index contributed by atoms with van der Waals surface area (Å²) in [6, 6.07) is 5.21. The quantitative estimate of drug-likeness (QED) is 0.732. The van der Waals surface area contributed by atoms with Crippen LogP contribution < -0.4 is 10.0 Å². The number of rotatable bonds is 6. The average Bonchev–Trinajstić information content (AvgIpc) is 2.49. The Hall–Kier alpha value is -0.180. The monoisotopic (exact) mass is 426 g/mol. The van der Waals surface area contributed by atoms with Gasteiger partial charge in [0.1, 0.15) is 0 Å². The molecular weight excluding hydrogens is 404 g/mol. The van der Waals surface area contributed by atoms with Crippen molar-refractivity contribution in [1.82, 2.24) is 10.0 Å². The van der Waals surface area contributed by atoms with Gasteiger partial charge in [-0.25, -0.2) is 13.1 Å². The maximum Gasteiger partial charge on any atom is 0.240 e. The SMILES string of the molecule is COCC1(CNS(=O)(=O)c2cccc(Br)c2C)CCNCC1.Cl. The number of piperidine rings is 1. The molecule has 1 saturated heterocycles. The van der Waals surface area contributed by atoms with Gasteiger partial charge in [-0.1, -0.05) is 22.0 Å². The highest BCUT2D eigenvalue weighted by molar-refractivity contribution is 9.10. The van der Waals surface area contributed by atoms with E-state index in [1.807, 2.05) is 6.07 Å². The molecule has 23 heavy (non-hydrogen) atoms. The lowest BCUT2D eigenvalue weighted by atomic mass is 9.80. The van der Waals surface area contributed by atoms with E-state index in [1.165, 1.54) is 0 Å². The molecule has 0 bridgehead atoms. The van der Waals surface area contributed by atoms with Crippen LogP contribution in [0.2, 0.25) is 0 Å². The Morgan fingerprint density at radius 3 is 2.61 bits per heavy atom. The molecule has 0 spiro atoms. The first-order valence-electron chi connectivity index (χ1n) is 7.35. The van der Waals surface area contributed by atoms with Crippen molar-refractivity contribution in [2.24, 2.45) is 5.41 Å². The van der Waals surface area contributed by atoms with Crippen molar-refractivity contribution in [1.29, 1.82) is 0 Å². The molecule has 0 radical (unpaired) electrons. The molecule has 132 valence electrons. The first-order valence-corrected chi connectivity index (χ1v) is 9.62. The van der Waals surface area contributed by atoms with Gasteiger partial charge in [-0.05, 0) is 50.6 Å². The number of hydrogen-bond acceptors (Lipinski definition) is 4. The number of benzene rings is 1. The van der Waals surface area contributed by atoms with Crippen LogP contribution in [0.5, 0.6) is 0 Å². The van der Waals surface area contributed by atoms with Crippen molar-refractivity contribution >= 4 is 38.4 Å². The van der Waals surface area contributed by atoms with Crippen LogP contribution in [0.3, 0.4) is 0 Å². The highest BCUT2D eigenvalue weighted by Crippen LogP contribution is 2.29. The fourth-order valence-corrected chi connectivity index (χ4v) is 4.76. The standard InChI is InChI=1S/C15H23BrN2O3S.ClH/c1-12-13(16)4-3-5-14(12)22(19,20)18-10-15(11-21-2)6-8-17-9-7-15;/h3-5,17-18H,6-11H2,1-2H3;1H. The lowest BCUT2D eigenvalue weighted by Crippen LogP contribution is -2.47. The molecule has 0 saturated carbocycles. The van der Waals surface area contributed by atoms with Crippen LogP contribution in [-0.2, 0) is 14.8 Å². The topological polar surface area (TPSA) is 67.4 Å². The highest BCUT2D eigenvalue weighted by Gasteiger charge is 2.33. The van der Waals surface area contributed by atoms with Crippen LogP contribution in [0.15, 0.2) is 27.6 Å². The molecule has 1 aliphatic heterocycles. The highest BCUT2D eigenvalue weighted by atomic mass is 79.9. The van der Waals surface area contributed by atoms with Crippen LogP contribution in [0, 0.1) is 12.3 Å². The van der Waals surface area contributed by atoms with Crippen molar-refractivity contribution in [3.8, 4) is 0 Å². The summed E-state index contributed by atoms with van der Waals surface area (Å²) in [5.41, 5.74) is 0.591. The second-order valence-electron chi connectivity index (χ2n) is 5.87. The second-order valence-corrected chi connectivity index (χ2v) is 8.46. The van der Waals surface area contributed by atoms with Gasteiger partial charge in [-0.3, -0.25) is 0 Å². The summed E-state index contributed by atoms with van der Waals surface area (Å²) in [4.78, 5) is 0.323. The summed E-state index contributed by atoms with van der Waals surface area (Å²) in [5.74, 6) is 0. The molecule has 0 atom stereocenters. The molecule has 2 N–H and O–H groups in total. The Kier molecular flexibility index (Phi) is 7.97. The third-order valence-corrected chi connectivity index (χ3v) is 6.66. The van der Waals surface area contributed by atoms with Crippen molar-refractivity contribution in [2.75, 3.05) is 33.4 Å². The van der Waals surface area contributed by atoms with Gasteiger partial charge in [0.15, 0.2) is 0 Å². The summed E-state index contributed by atoms with van der Waals surface area (Å²) < 4.78 is 34.1. The lowest BCUT2D eigenvalue weighted by Gasteiger charge is -2.37.